The molecule has 0 aliphatic carbocycles. The van der Waals surface area contributed by atoms with E-state index in [1.165, 1.54) is 55.3 Å². The maximum atomic E-state index is 6.31. The molecule has 0 amide bonds. The van der Waals surface area contributed by atoms with E-state index < -0.39 is 0 Å². The smallest absolute Gasteiger partial charge is 0.135 e. The average Bonchev–Trinajstić information content (AvgIpc) is 3.72. The van der Waals surface area contributed by atoms with Crippen LogP contribution in [0, 0.1) is 0 Å². The predicted octanol–water partition coefficient (Wildman–Crippen LogP) is 15.4. The van der Waals surface area contributed by atoms with Crippen molar-refractivity contribution in [3.05, 3.63) is 224 Å². The van der Waals surface area contributed by atoms with Crippen LogP contribution >= 0.6 is 0 Å². The van der Waals surface area contributed by atoms with Gasteiger partial charge >= 0.3 is 0 Å². The second kappa shape index (κ2) is 14.4. The van der Waals surface area contributed by atoms with Crippen molar-refractivity contribution in [1.82, 2.24) is 0 Å². The van der Waals surface area contributed by atoms with Gasteiger partial charge in [0.15, 0.2) is 0 Å². The summed E-state index contributed by atoms with van der Waals surface area (Å²) in [4.78, 5) is 2.32. The Morgan fingerprint density at radius 1 is 0.286 bits per heavy atom. The van der Waals surface area contributed by atoms with E-state index in [9.17, 15) is 0 Å². The lowest BCUT2D eigenvalue weighted by Crippen LogP contribution is -2.10. The fourth-order valence-corrected chi connectivity index (χ4v) is 7.80. The van der Waals surface area contributed by atoms with Gasteiger partial charge in [-0.05, 0) is 110 Å². The summed E-state index contributed by atoms with van der Waals surface area (Å²) in [6, 6.07) is 80.0. The molecule has 0 N–H and O–H groups in total. The standard InChI is InChI=1S/C54H37NO/c1-2-11-38(12-3-1)39-23-25-40(26-24-39)41-27-31-48(32-28-41)55(50-19-9-18-46(36-50)54-37-47-14-5-7-22-53(47)56-54)49-33-29-42(30-34-49)44-16-8-17-45(35-44)52-21-10-15-43-13-4-6-20-51(43)52/h1-37H. The molecule has 0 fully saturated rings. The molecule has 0 unspecified atom stereocenters. The quantitative estimate of drug-likeness (QED) is 0.156. The zero-order chi connectivity index (χ0) is 37.3. The molecule has 264 valence electrons. The normalized spacial score (nSPS) is 11.2. The summed E-state index contributed by atoms with van der Waals surface area (Å²) in [5.41, 5.74) is 14.7. The summed E-state index contributed by atoms with van der Waals surface area (Å²) in [6.45, 7) is 0. The van der Waals surface area contributed by atoms with Crippen LogP contribution < -0.4 is 4.90 Å². The SMILES string of the molecule is c1ccc(-c2ccc(-c3ccc(N(c4ccc(-c5cccc(-c6cccc7ccccc67)c5)cc4)c4cccc(-c5cc6ccccc6o5)c4)cc3)cc2)cc1. The van der Waals surface area contributed by atoms with E-state index in [0.717, 1.165) is 39.4 Å². The lowest BCUT2D eigenvalue weighted by Gasteiger charge is -2.26. The van der Waals surface area contributed by atoms with E-state index >= 15 is 0 Å². The lowest BCUT2D eigenvalue weighted by molar-refractivity contribution is 0.631. The third kappa shape index (κ3) is 6.44. The molecule has 9 aromatic carbocycles. The number of anilines is 3. The average molecular weight is 716 g/mol. The topological polar surface area (TPSA) is 16.4 Å². The van der Waals surface area contributed by atoms with Crippen LogP contribution in [-0.2, 0) is 0 Å². The Bertz CT molecular complexity index is 2900. The van der Waals surface area contributed by atoms with Gasteiger partial charge in [0.05, 0.1) is 0 Å². The maximum Gasteiger partial charge on any atom is 0.135 e. The largest absolute Gasteiger partial charge is 0.456 e. The molecule has 2 heteroatoms. The van der Waals surface area contributed by atoms with Crippen LogP contribution in [0.15, 0.2) is 229 Å². The van der Waals surface area contributed by atoms with E-state index in [4.69, 9.17) is 4.42 Å². The molecule has 0 aliphatic heterocycles. The van der Waals surface area contributed by atoms with E-state index in [1.54, 1.807) is 0 Å². The first-order chi connectivity index (χ1) is 27.7. The minimum absolute atomic E-state index is 0.851. The van der Waals surface area contributed by atoms with Crippen molar-refractivity contribution in [3.8, 4) is 55.8 Å². The molecule has 0 spiro atoms. The number of hydrogen-bond donors (Lipinski definition) is 0. The van der Waals surface area contributed by atoms with Crippen molar-refractivity contribution >= 4 is 38.8 Å². The number of para-hydroxylation sites is 1. The van der Waals surface area contributed by atoms with Gasteiger partial charge in [-0.25, -0.2) is 0 Å². The number of benzene rings is 9. The zero-order valence-electron chi connectivity index (χ0n) is 30.7. The third-order valence-electron chi connectivity index (χ3n) is 10.7. The predicted molar refractivity (Wildman–Crippen MR) is 236 cm³/mol. The molecule has 0 bridgehead atoms. The van der Waals surface area contributed by atoms with Crippen LogP contribution in [0.4, 0.5) is 17.1 Å². The lowest BCUT2D eigenvalue weighted by atomic mass is 9.95. The van der Waals surface area contributed by atoms with Crippen molar-refractivity contribution in [1.29, 1.82) is 0 Å². The number of hydrogen-bond acceptors (Lipinski definition) is 2. The Balaban J connectivity index is 1.01. The van der Waals surface area contributed by atoms with Crippen LogP contribution in [0.2, 0.25) is 0 Å². The molecule has 0 saturated heterocycles. The zero-order valence-corrected chi connectivity index (χ0v) is 30.7. The van der Waals surface area contributed by atoms with E-state index in [0.29, 0.717) is 0 Å². The minimum Gasteiger partial charge on any atom is -0.456 e. The summed E-state index contributed by atoms with van der Waals surface area (Å²) >= 11 is 0. The van der Waals surface area contributed by atoms with Gasteiger partial charge < -0.3 is 9.32 Å². The van der Waals surface area contributed by atoms with Gasteiger partial charge in [0.2, 0.25) is 0 Å². The van der Waals surface area contributed by atoms with Gasteiger partial charge in [-0.1, -0.05) is 170 Å². The van der Waals surface area contributed by atoms with Gasteiger partial charge in [-0.2, -0.15) is 0 Å². The highest BCUT2D eigenvalue weighted by Gasteiger charge is 2.16. The molecule has 0 atom stereocenters. The Hall–Kier alpha value is -7.42. The Morgan fingerprint density at radius 2 is 0.786 bits per heavy atom. The second-order valence-corrected chi connectivity index (χ2v) is 14.2. The highest BCUT2D eigenvalue weighted by atomic mass is 16.3. The molecule has 1 aromatic heterocycles. The van der Waals surface area contributed by atoms with Crippen molar-refractivity contribution in [2.24, 2.45) is 0 Å². The van der Waals surface area contributed by atoms with Crippen LogP contribution in [0.3, 0.4) is 0 Å². The molecule has 2 nitrogen and oxygen atoms in total. The Kier molecular flexibility index (Phi) is 8.55. The molecule has 0 saturated carbocycles. The third-order valence-corrected chi connectivity index (χ3v) is 10.7. The van der Waals surface area contributed by atoms with Crippen molar-refractivity contribution in [2.75, 3.05) is 4.90 Å². The van der Waals surface area contributed by atoms with Gasteiger partial charge in [-0.3, -0.25) is 0 Å². The van der Waals surface area contributed by atoms with Gasteiger partial charge in [0.25, 0.3) is 0 Å². The molecular weight excluding hydrogens is 679 g/mol. The molecular formula is C54H37NO. The van der Waals surface area contributed by atoms with Crippen LogP contribution in [-0.4, -0.2) is 0 Å². The Labute approximate surface area is 327 Å². The van der Waals surface area contributed by atoms with Crippen molar-refractivity contribution in [2.45, 2.75) is 0 Å². The molecule has 10 aromatic rings. The minimum atomic E-state index is 0.851. The monoisotopic (exact) mass is 715 g/mol. The highest BCUT2D eigenvalue weighted by Crippen LogP contribution is 2.40. The molecule has 0 aliphatic rings. The van der Waals surface area contributed by atoms with E-state index in [1.807, 2.05) is 18.2 Å². The fraction of sp³-hybridized carbons (Fsp3) is 0. The van der Waals surface area contributed by atoms with Crippen LogP contribution in [0.25, 0.3) is 77.6 Å². The fourth-order valence-electron chi connectivity index (χ4n) is 7.80. The van der Waals surface area contributed by atoms with Gasteiger partial charge in [-0.15, -0.1) is 0 Å². The van der Waals surface area contributed by atoms with Crippen molar-refractivity contribution < 1.29 is 4.42 Å². The number of nitrogens with zero attached hydrogens (tertiary/aromatic N) is 1. The van der Waals surface area contributed by atoms with Gasteiger partial charge in [0, 0.05) is 28.0 Å². The maximum absolute atomic E-state index is 6.31. The first-order valence-electron chi connectivity index (χ1n) is 19.1. The van der Waals surface area contributed by atoms with Crippen LogP contribution in [0.1, 0.15) is 0 Å². The molecule has 0 radical (unpaired) electrons. The molecule has 1 heterocycles. The van der Waals surface area contributed by atoms with Crippen molar-refractivity contribution in [3.63, 3.8) is 0 Å². The molecule has 56 heavy (non-hydrogen) atoms. The number of rotatable bonds is 8. The highest BCUT2D eigenvalue weighted by molar-refractivity contribution is 5.97. The van der Waals surface area contributed by atoms with E-state index in [-0.39, 0.29) is 0 Å². The summed E-state index contributed by atoms with van der Waals surface area (Å²) in [7, 11) is 0. The first kappa shape index (κ1) is 33.2. The Morgan fingerprint density at radius 3 is 1.50 bits per heavy atom. The van der Waals surface area contributed by atoms with E-state index in [2.05, 4.69) is 211 Å². The summed E-state index contributed by atoms with van der Waals surface area (Å²) in [6.07, 6.45) is 0. The van der Waals surface area contributed by atoms with Gasteiger partial charge in [0.1, 0.15) is 11.3 Å². The first-order valence-corrected chi connectivity index (χ1v) is 19.1. The molecule has 10 rings (SSSR count). The second-order valence-electron chi connectivity index (χ2n) is 14.2. The summed E-state index contributed by atoms with van der Waals surface area (Å²) < 4.78 is 6.31. The summed E-state index contributed by atoms with van der Waals surface area (Å²) in [5, 5.41) is 3.61. The number of furan rings is 1. The summed E-state index contributed by atoms with van der Waals surface area (Å²) in [5.74, 6) is 0.851. The number of fused-ring (bicyclic) bond motifs is 2. The van der Waals surface area contributed by atoms with Crippen LogP contribution in [0.5, 0.6) is 0 Å².